The molecule has 4 heteroatoms. The molecule has 0 radical (unpaired) electrons. The third-order valence-electron chi connectivity index (χ3n) is 12.1. The van der Waals surface area contributed by atoms with Crippen molar-refractivity contribution in [1.29, 1.82) is 5.26 Å². The summed E-state index contributed by atoms with van der Waals surface area (Å²) in [6, 6.07) is 64.9. The highest BCUT2D eigenvalue weighted by Gasteiger charge is 2.35. The number of aromatic nitrogens is 2. The number of para-hydroxylation sites is 1. The number of benzene rings is 8. The summed E-state index contributed by atoms with van der Waals surface area (Å²) in [5, 5.41) is 14.7. The molecule has 1 aliphatic carbocycles. The van der Waals surface area contributed by atoms with Crippen LogP contribution < -0.4 is 4.90 Å². The van der Waals surface area contributed by atoms with Gasteiger partial charge in [0.05, 0.1) is 40.2 Å². The average Bonchev–Trinajstić information content (AvgIpc) is 3.73. The van der Waals surface area contributed by atoms with Crippen LogP contribution in [0.1, 0.15) is 30.5 Å². The van der Waals surface area contributed by atoms with Crippen LogP contribution in [0.2, 0.25) is 0 Å². The molecule has 1 aliphatic rings. The molecule has 0 bridgehead atoms. The number of anilines is 3. The topological polar surface area (TPSA) is 44.9 Å². The summed E-state index contributed by atoms with van der Waals surface area (Å²) < 4.78 is 2.39. The van der Waals surface area contributed by atoms with E-state index in [1.165, 1.54) is 71.6 Å². The largest absolute Gasteiger partial charge is 0.309 e. The summed E-state index contributed by atoms with van der Waals surface area (Å²) in [6.07, 6.45) is 1.96. The third kappa shape index (κ3) is 5.03. The zero-order valence-electron chi connectivity index (χ0n) is 31.6. The molecule has 57 heavy (non-hydrogen) atoms. The second-order valence-electron chi connectivity index (χ2n) is 15.5. The highest BCUT2D eigenvalue weighted by Crippen LogP contribution is 2.51. The molecule has 0 amide bonds. The molecule has 0 aliphatic heterocycles. The van der Waals surface area contributed by atoms with E-state index in [4.69, 9.17) is 4.98 Å². The Morgan fingerprint density at radius 2 is 1.25 bits per heavy atom. The first kappa shape index (κ1) is 32.9. The fraction of sp³-hybridized carbons (Fsp3) is 0.0566. The minimum atomic E-state index is -0.129. The number of hydrogen-bond acceptors (Lipinski definition) is 3. The van der Waals surface area contributed by atoms with Gasteiger partial charge in [0.1, 0.15) is 0 Å². The van der Waals surface area contributed by atoms with E-state index in [1.54, 1.807) is 0 Å². The van der Waals surface area contributed by atoms with Gasteiger partial charge in [0, 0.05) is 38.8 Å². The predicted octanol–water partition coefficient (Wildman–Crippen LogP) is 13.8. The SMILES string of the molecule is CC1(C)c2ccccc2-c2ccc(N(c3ccc(C#N)cc3)c3ccc(-c4ccc(-c5ccc6c7c5ccc5cccc(c57)n6-c5ccccc5)cc4)nc3)cc21. The van der Waals surface area contributed by atoms with Crippen LogP contribution in [0, 0.1) is 11.3 Å². The molecule has 4 nitrogen and oxygen atoms in total. The van der Waals surface area contributed by atoms with Crippen LogP contribution in [0.3, 0.4) is 0 Å². The zero-order valence-corrected chi connectivity index (χ0v) is 31.6. The number of hydrogen-bond donors (Lipinski definition) is 0. The molecular weight excluding hydrogens is 693 g/mol. The van der Waals surface area contributed by atoms with E-state index in [1.807, 2.05) is 30.5 Å². The number of pyridine rings is 1. The van der Waals surface area contributed by atoms with Gasteiger partial charge < -0.3 is 9.47 Å². The quantitative estimate of drug-likeness (QED) is 0.160. The van der Waals surface area contributed by atoms with Crippen molar-refractivity contribution in [3.63, 3.8) is 0 Å². The highest BCUT2D eigenvalue weighted by molar-refractivity contribution is 6.26. The third-order valence-corrected chi connectivity index (χ3v) is 12.1. The van der Waals surface area contributed by atoms with Crippen LogP contribution in [0.15, 0.2) is 182 Å². The first-order chi connectivity index (χ1) is 28.0. The Kier molecular flexibility index (Phi) is 7.23. The minimum absolute atomic E-state index is 0.129. The molecule has 11 rings (SSSR count). The van der Waals surface area contributed by atoms with Gasteiger partial charge in [-0.25, -0.2) is 0 Å². The molecule has 0 unspecified atom stereocenters. The summed E-state index contributed by atoms with van der Waals surface area (Å²) >= 11 is 0. The van der Waals surface area contributed by atoms with Crippen molar-refractivity contribution < 1.29 is 0 Å². The standard InChI is InChI=1S/C53H36N4/c1-53(2)46-13-7-6-12-43(46)44-27-24-40(31-47(44)53)56(39-22-15-34(32-54)16-23-39)41-25-29-48(55-33-41)36-19-17-35(18-20-36)42-28-30-50-52-45(42)26-21-37-9-8-14-49(51(37)52)57(50)38-10-4-3-5-11-38/h3-31,33H,1-2H3. The molecule has 0 atom stereocenters. The maximum atomic E-state index is 9.54. The van der Waals surface area contributed by atoms with Gasteiger partial charge in [0.2, 0.25) is 0 Å². The summed E-state index contributed by atoms with van der Waals surface area (Å²) in [5.41, 5.74) is 16.7. The minimum Gasteiger partial charge on any atom is -0.309 e. The van der Waals surface area contributed by atoms with Gasteiger partial charge in [-0.1, -0.05) is 117 Å². The van der Waals surface area contributed by atoms with E-state index in [0.717, 1.165) is 28.3 Å². The lowest BCUT2D eigenvalue weighted by atomic mass is 9.82. The maximum Gasteiger partial charge on any atom is 0.0991 e. The van der Waals surface area contributed by atoms with Gasteiger partial charge in [-0.2, -0.15) is 5.26 Å². The molecule has 0 fully saturated rings. The first-order valence-electron chi connectivity index (χ1n) is 19.4. The van der Waals surface area contributed by atoms with Crippen molar-refractivity contribution in [3.05, 3.63) is 199 Å². The van der Waals surface area contributed by atoms with E-state index < -0.39 is 0 Å². The second kappa shape index (κ2) is 12.5. The van der Waals surface area contributed by atoms with Crippen molar-refractivity contribution in [2.45, 2.75) is 19.3 Å². The van der Waals surface area contributed by atoms with Gasteiger partial charge in [0.15, 0.2) is 0 Å². The lowest BCUT2D eigenvalue weighted by molar-refractivity contribution is 0.660. The monoisotopic (exact) mass is 728 g/mol. The smallest absolute Gasteiger partial charge is 0.0991 e. The van der Waals surface area contributed by atoms with Crippen LogP contribution in [-0.4, -0.2) is 9.55 Å². The summed E-state index contributed by atoms with van der Waals surface area (Å²) in [6.45, 7) is 4.61. The van der Waals surface area contributed by atoms with Gasteiger partial charge >= 0.3 is 0 Å². The number of fused-ring (bicyclic) bond motifs is 3. The Morgan fingerprint density at radius 3 is 2.04 bits per heavy atom. The number of rotatable bonds is 6. The van der Waals surface area contributed by atoms with E-state index in [0.29, 0.717) is 5.56 Å². The molecule has 2 heterocycles. The number of nitriles is 1. The van der Waals surface area contributed by atoms with Gasteiger partial charge in [-0.3, -0.25) is 4.98 Å². The van der Waals surface area contributed by atoms with Crippen LogP contribution in [0.4, 0.5) is 17.1 Å². The Hall–Kier alpha value is -7.48. The van der Waals surface area contributed by atoms with Crippen molar-refractivity contribution >= 4 is 49.6 Å². The summed E-state index contributed by atoms with van der Waals surface area (Å²) in [5.74, 6) is 0. The molecule has 8 aromatic carbocycles. The molecule has 0 N–H and O–H groups in total. The second-order valence-corrected chi connectivity index (χ2v) is 15.5. The molecule has 268 valence electrons. The Bertz CT molecular complexity index is 3180. The van der Waals surface area contributed by atoms with E-state index >= 15 is 0 Å². The molecule has 0 spiro atoms. The molecular formula is C53H36N4. The van der Waals surface area contributed by atoms with Gasteiger partial charge in [-0.05, 0) is 117 Å². The van der Waals surface area contributed by atoms with Crippen molar-refractivity contribution in [2.75, 3.05) is 4.90 Å². The summed E-state index contributed by atoms with van der Waals surface area (Å²) in [7, 11) is 0. The molecule has 10 aromatic rings. The Morgan fingerprint density at radius 1 is 0.544 bits per heavy atom. The van der Waals surface area contributed by atoms with Crippen LogP contribution in [-0.2, 0) is 5.41 Å². The van der Waals surface area contributed by atoms with Crippen LogP contribution >= 0.6 is 0 Å². The first-order valence-corrected chi connectivity index (χ1v) is 19.4. The van der Waals surface area contributed by atoms with E-state index in [2.05, 4.69) is 181 Å². The Balaban J connectivity index is 0.952. The Labute approximate surface area is 331 Å². The van der Waals surface area contributed by atoms with Gasteiger partial charge in [0.25, 0.3) is 0 Å². The average molecular weight is 729 g/mol. The normalized spacial score (nSPS) is 12.9. The highest BCUT2D eigenvalue weighted by atomic mass is 15.1. The van der Waals surface area contributed by atoms with Crippen molar-refractivity contribution in [1.82, 2.24) is 9.55 Å². The van der Waals surface area contributed by atoms with E-state index in [-0.39, 0.29) is 5.41 Å². The van der Waals surface area contributed by atoms with E-state index in [9.17, 15) is 5.26 Å². The van der Waals surface area contributed by atoms with Gasteiger partial charge in [-0.15, -0.1) is 0 Å². The zero-order chi connectivity index (χ0) is 38.3. The number of nitrogens with zero attached hydrogens (tertiary/aromatic N) is 4. The molecule has 0 saturated carbocycles. The molecule has 2 aromatic heterocycles. The maximum absolute atomic E-state index is 9.54. The molecule has 0 saturated heterocycles. The van der Waals surface area contributed by atoms with Crippen LogP contribution in [0.5, 0.6) is 0 Å². The summed E-state index contributed by atoms with van der Waals surface area (Å²) in [4.78, 5) is 7.26. The van der Waals surface area contributed by atoms with Crippen molar-refractivity contribution in [3.8, 4) is 45.3 Å². The van der Waals surface area contributed by atoms with Crippen molar-refractivity contribution in [2.24, 2.45) is 0 Å². The lowest BCUT2D eigenvalue weighted by Crippen LogP contribution is -2.16. The lowest BCUT2D eigenvalue weighted by Gasteiger charge is -2.28. The van der Waals surface area contributed by atoms with Crippen LogP contribution in [0.25, 0.3) is 71.8 Å². The fourth-order valence-electron chi connectivity index (χ4n) is 9.27. The fourth-order valence-corrected chi connectivity index (χ4v) is 9.27. The predicted molar refractivity (Wildman–Crippen MR) is 235 cm³/mol.